The van der Waals surface area contributed by atoms with E-state index < -0.39 is 17.5 Å². The van der Waals surface area contributed by atoms with Gasteiger partial charge >= 0.3 is 5.91 Å². The lowest BCUT2D eigenvalue weighted by Gasteiger charge is -2.28. The van der Waals surface area contributed by atoms with Crippen LogP contribution < -0.4 is 4.90 Å². The van der Waals surface area contributed by atoms with Gasteiger partial charge in [-0.3, -0.25) is 19.4 Å². The van der Waals surface area contributed by atoms with Gasteiger partial charge in [0.25, 0.3) is 5.78 Å². The SMILES string of the molecule is O=C1C(=O)N(CN2CCC[C@H]2c2cccs2)c2cc(F)ccc21. The normalized spacial score (nSPS) is 21.3. The molecule has 6 heteroatoms. The van der Waals surface area contributed by atoms with E-state index in [0.717, 1.165) is 19.4 Å². The highest BCUT2D eigenvalue weighted by atomic mass is 32.1. The molecule has 1 aromatic carbocycles. The molecule has 4 nitrogen and oxygen atoms in total. The Bertz CT molecular complexity index is 775. The van der Waals surface area contributed by atoms with Crippen molar-refractivity contribution in [3.63, 3.8) is 0 Å². The highest BCUT2D eigenvalue weighted by molar-refractivity contribution is 7.10. The molecule has 1 aromatic heterocycles. The molecule has 0 spiro atoms. The largest absolute Gasteiger partial charge is 0.300 e. The minimum atomic E-state index is -0.567. The monoisotopic (exact) mass is 330 g/mol. The molecular formula is C17H15FN2O2S. The summed E-state index contributed by atoms with van der Waals surface area (Å²) in [7, 11) is 0. The Kier molecular flexibility index (Phi) is 3.50. The van der Waals surface area contributed by atoms with Crippen LogP contribution in [0.2, 0.25) is 0 Å². The molecule has 2 aliphatic rings. The molecule has 118 valence electrons. The number of thiophene rings is 1. The molecule has 1 saturated heterocycles. The lowest BCUT2D eigenvalue weighted by atomic mass is 10.1. The zero-order valence-corrected chi connectivity index (χ0v) is 13.2. The number of amides is 1. The maximum Gasteiger partial charge on any atom is 0.300 e. The summed E-state index contributed by atoms with van der Waals surface area (Å²) in [5.74, 6) is -1.55. The zero-order valence-electron chi connectivity index (χ0n) is 12.4. The van der Waals surface area contributed by atoms with Crippen molar-refractivity contribution in [2.45, 2.75) is 18.9 Å². The second-order valence-electron chi connectivity index (χ2n) is 5.85. The smallest absolute Gasteiger partial charge is 0.291 e. The van der Waals surface area contributed by atoms with Crippen molar-refractivity contribution < 1.29 is 14.0 Å². The number of benzene rings is 1. The first kappa shape index (κ1) is 14.5. The van der Waals surface area contributed by atoms with Crippen molar-refractivity contribution >= 4 is 28.7 Å². The lowest BCUT2D eigenvalue weighted by molar-refractivity contribution is -0.114. The van der Waals surface area contributed by atoms with Gasteiger partial charge in [-0.25, -0.2) is 4.39 Å². The van der Waals surface area contributed by atoms with E-state index in [2.05, 4.69) is 11.0 Å². The second-order valence-corrected chi connectivity index (χ2v) is 6.83. The van der Waals surface area contributed by atoms with Crippen LogP contribution in [0.25, 0.3) is 0 Å². The molecule has 1 amide bonds. The number of ketones is 1. The number of rotatable bonds is 3. The summed E-state index contributed by atoms with van der Waals surface area (Å²) in [5.41, 5.74) is 0.681. The van der Waals surface area contributed by atoms with Gasteiger partial charge in [0.1, 0.15) is 5.82 Å². The molecule has 0 aliphatic carbocycles. The quantitative estimate of drug-likeness (QED) is 0.812. The molecule has 2 aliphatic heterocycles. The Labute approximate surface area is 137 Å². The van der Waals surface area contributed by atoms with E-state index in [1.807, 2.05) is 11.4 Å². The van der Waals surface area contributed by atoms with E-state index in [9.17, 15) is 14.0 Å². The van der Waals surface area contributed by atoms with Crippen LogP contribution in [0.3, 0.4) is 0 Å². The summed E-state index contributed by atoms with van der Waals surface area (Å²) in [6.07, 6.45) is 2.08. The first-order valence-electron chi connectivity index (χ1n) is 7.58. The third kappa shape index (κ3) is 2.38. The summed E-state index contributed by atoms with van der Waals surface area (Å²) in [6, 6.07) is 8.26. The van der Waals surface area contributed by atoms with Gasteiger partial charge in [-0.2, -0.15) is 0 Å². The number of likely N-dealkylation sites (tertiary alicyclic amines) is 1. The topological polar surface area (TPSA) is 40.6 Å². The number of fused-ring (bicyclic) bond motifs is 1. The fourth-order valence-electron chi connectivity index (χ4n) is 3.39. The standard InChI is InChI=1S/C17H15FN2O2S/c18-11-5-6-12-14(9-11)20(17(22)16(12)21)10-19-7-1-3-13(19)15-4-2-8-23-15/h2,4-6,8-9,13H,1,3,7,10H2/t13-/m0/s1. The van der Waals surface area contributed by atoms with E-state index in [4.69, 9.17) is 0 Å². The predicted octanol–water partition coefficient (Wildman–Crippen LogP) is 3.21. The third-order valence-corrected chi connectivity index (χ3v) is 5.47. The first-order valence-corrected chi connectivity index (χ1v) is 8.46. The van der Waals surface area contributed by atoms with Crippen LogP contribution in [0.4, 0.5) is 10.1 Å². The number of halogens is 1. The van der Waals surface area contributed by atoms with Crippen LogP contribution >= 0.6 is 11.3 Å². The van der Waals surface area contributed by atoms with E-state index in [0.29, 0.717) is 17.9 Å². The molecule has 3 heterocycles. The second kappa shape index (κ2) is 5.54. The highest BCUT2D eigenvalue weighted by Crippen LogP contribution is 2.37. The number of hydrogen-bond acceptors (Lipinski definition) is 4. The Morgan fingerprint density at radius 2 is 2.13 bits per heavy atom. The zero-order chi connectivity index (χ0) is 16.0. The molecule has 0 saturated carbocycles. The minimum absolute atomic E-state index is 0.260. The Morgan fingerprint density at radius 3 is 2.91 bits per heavy atom. The van der Waals surface area contributed by atoms with E-state index >= 15 is 0 Å². The highest BCUT2D eigenvalue weighted by Gasteiger charge is 2.38. The fraction of sp³-hybridized carbons (Fsp3) is 0.294. The number of Topliss-reactive ketones (excluding diaryl/α,β-unsaturated/α-hetero) is 1. The molecule has 4 rings (SSSR count). The van der Waals surface area contributed by atoms with E-state index in [1.165, 1.54) is 28.0 Å². The Hall–Kier alpha value is -2.05. The van der Waals surface area contributed by atoms with Crippen molar-refractivity contribution in [2.24, 2.45) is 0 Å². The summed E-state index contributed by atoms with van der Waals surface area (Å²) < 4.78 is 13.5. The summed E-state index contributed by atoms with van der Waals surface area (Å²) >= 11 is 1.70. The number of anilines is 1. The molecule has 1 fully saturated rings. The van der Waals surface area contributed by atoms with Crippen LogP contribution in [0.15, 0.2) is 35.7 Å². The molecule has 0 unspecified atom stereocenters. The lowest BCUT2D eigenvalue weighted by Crippen LogP contribution is -2.40. The van der Waals surface area contributed by atoms with Gasteiger partial charge in [0.05, 0.1) is 17.9 Å². The Balaban J connectivity index is 1.63. The van der Waals surface area contributed by atoms with Crippen LogP contribution in [0.1, 0.15) is 34.1 Å². The van der Waals surface area contributed by atoms with E-state index in [-0.39, 0.29) is 6.04 Å². The van der Waals surface area contributed by atoms with Gasteiger partial charge in [0, 0.05) is 17.5 Å². The summed E-state index contributed by atoms with van der Waals surface area (Å²) in [4.78, 5) is 29.2. The van der Waals surface area contributed by atoms with Gasteiger partial charge in [-0.05, 0) is 42.5 Å². The average Bonchev–Trinajstić information content (AvgIpc) is 3.25. The predicted molar refractivity (Wildman–Crippen MR) is 86.1 cm³/mol. The van der Waals surface area contributed by atoms with Gasteiger partial charge in [-0.1, -0.05) is 6.07 Å². The number of hydrogen-bond donors (Lipinski definition) is 0. The van der Waals surface area contributed by atoms with Crippen molar-refractivity contribution in [1.82, 2.24) is 4.90 Å². The molecule has 0 bridgehead atoms. The molecule has 23 heavy (non-hydrogen) atoms. The molecule has 0 N–H and O–H groups in total. The first-order chi connectivity index (χ1) is 11.1. The summed E-state index contributed by atoms with van der Waals surface area (Å²) in [6.45, 7) is 1.19. The minimum Gasteiger partial charge on any atom is -0.291 e. The van der Waals surface area contributed by atoms with Gasteiger partial charge in [-0.15, -0.1) is 11.3 Å². The number of nitrogens with zero attached hydrogens (tertiary/aromatic N) is 2. The van der Waals surface area contributed by atoms with Gasteiger partial charge in [0.15, 0.2) is 0 Å². The van der Waals surface area contributed by atoms with Crippen molar-refractivity contribution in [1.29, 1.82) is 0 Å². The van der Waals surface area contributed by atoms with Crippen LogP contribution in [-0.4, -0.2) is 29.8 Å². The molecule has 2 aromatic rings. The molecule has 1 atom stereocenters. The van der Waals surface area contributed by atoms with E-state index in [1.54, 1.807) is 11.3 Å². The van der Waals surface area contributed by atoms with Crippen LogP contribution in [-0.2, 0) is 4.79 Å². The van der Waals surface area contributed by atoms with Crippen molar-refractivity contribution in [3.8, 4) is 0 Å². The third-order valence-electron chi connectivity index (χ3n) is 4.49. The van der Waals surface area contributed by atoms with Crippen LogP contribution in [0.5, 0.6) is 0 Å². The maximum atomic E-state index is 13.5. The maximum absolute atomic E-state index is 13.5. The van der Waals surface area contributed by atoms with Crippen LogP contribution in [0, 0.1) is 5.82 Å². The Morgan fingerprint density at radius 1 is 1.26 bits per heavy atom. The van der Waals surface area contributed by atoms with Gasteiger partial charge in [0.2, 0.25) is 0 Å². The summed E-state index contributed by atoms with van der Waals surface area (Å²) in [5, 5.41) is 2.04. The van der Waals surface area contributed by atoms with Crippen molar-refractivity contribution in [2.75, 3.05) is 18.1 Å². The number of carbonyl (C=O) groups is 2. The average molecular weight is 330 g/mol. The van der Waals surface area contributed by atoms with Crippen molar-refractivity contribution in [3.05, 3.63) is 52.0 Å². The molecule has 0 radical (unpaired) electrons. The number of carbonyl (C=O) groups excluding carboxylic acids is 2. The fourth-order valence-corrected chi connectivity index (χ4v) is 4.28. The molecular weight excluding hydrogens is 315 g/mol. The van der Waals surface area contributed by atoms with Gasteiger partial charge < -0.3 is 0 Å².